The van der Waals surface area contributed by atoms with Crippen molar-refractivity contribution in [3.05, 3.63) is 77.2 Å². The lowest BCUT2D eigenvalue weighted by atomic mass is 9.97. The highest BCUT2D eigenvalue weighted by molar-refractivity contribution is 5.78. The van der Waals surface area contributed by atoms with Crippen LogP contribution >= 0.6 is 0 Å². The van der Waals surface area contributed by atoms with Crippen LogP contribution in [0.4, 0.5) is 4.39 Å². The van der Waals surface area contributed by atoms with E-state index in [0.717, 1.165) is 27.7 Å². The highest BCUT2D eigenvalue weighted by Gasteiger charge is 2.10. The van der Waals surface area contributed by atoms with E-state index >= 15 is 0 Å². The Hall–Kier alpha value is -2.26. The molecular weight excluding hydrogens is 263 g/mol. The summed E-state index contributed by atoms with van der Waals surface area (Å²) in [6, 6.07) is 16.6. The third kappa shape index (κ3) is 2.93. The minimum Gasteiger partial charge on any atom is -0.324 e. The molecule has 0 aliphatic carbocycles. The minimum absolute atomic E-state index is 0.124. The molecule has 3 rings (SSSR count). The third-order valence-corrected chi connectivity index (χ3v) is 3.62. The molecule has 106 valence electrons. The lowest BCUT2D eigenvalue weighted by molar-refractivity contribution is 0.623. The summed E-state index contributed by atoms with van der Waals surface area (Å²) in [5.74, 6) is -0.241. The van der Waals surface area contributed by atoms with Crippen LogP contribution in [0.5, 0.6) is 0 Å². The van der Waals surface area contributed by atoms with Gasteiger partial charge in [0.05, 0.1) is 5.52 Å². The molecule has 3 heteroatoms. The molecule has 1 heterocycles. The summed E-state index contributed by atoms with van der Waals surface area (Å²) in [7, 11) is 0. The molecule has 0 aliphatic rings. The lowest BCUT2D eigenvalue weighted by Crippen LogP contribution is -2.09. The zero-order valence-corrected chi connectivity index (χ0v) is 11.9. The van der Waals surface area contributed by atoms with Crippen LogP contribution in [0, 0.1) is 5.82 Å². The number of rotatable bonds is 3. The highest BCUT2D eigenvalue weighted by Crippen LogP contribution is 2.21. The second-order valence-electron chi connectivity index (χ2n) is 5.30. The van der Waals surface area contributed by atoms with Crippen molar-refractivity contribution in [3.63, 3.8) is 0 Å². The van der Waals surface area contributed by atoms with Crippen LogP contribution in [0.2, 0.25) is 0 Å². The molecule has 3 aromatic rings. The van der Waals surface area contributed by atoms with E-state index < -0.39 is 0 Å². The van der Waals surface area contributed by atoms with Gasteiger partial charge in [0.25, 0.3) is 0 Å². The molecule has 0 fully saturated rings. The van der Waals surface area contributed by atoms with Gasteiger partial charge < -0.3 is 5.73 Å². The Bertz CT molecular complexity index is 781. The molecule has 2 N–H and O–H groups in total. The van der Waals surface area contributed by atoms with Crippen molar-refractivity contribution in [2.45, 2.75) is 19.4 Å². The average molecular weight is 280 g/mol. The van der Waals surface area contributed by atoms with Crippen molar-refractivity contribution < 1.29 is 4.39 Å². The molecule has 0 bridgehead atoms. The summed E-state index contributed by atoms with van der Waals surface area (Å²) in [6.07, 6.45) is 0.583. The maximum absolute atomic E-state index is 13.5. The first-order valence-electron chi connectivity index (χ1n) is 7.02. The quantitative estimate of drug-likeness (QED) is 0.788. The number of hydrogen-bond donors (Lipinski definition) is 1. The van der Waals surface area contributed by atoms with Crippen molar-refractivity contribution >= 4 is 10.9 Å². The van der Waals surface area contributed by atoms with Crippen molar-refractivity contribution in [3.8, 4) is 0 Å². The van der Waals surface area contributed by atoms with Gasteiger partial charge in [0.2, 0.25) is 0 Å². The van der Waals surface area contributed by atoms with Gasteiger partial charge in [0, 0.05) is 23.5 Å². The topological polar surface area (TPSA) is 38.9 Å². The minimum atomic E-state index is -0.241. The van der Waals surface area contributed by atoms with Crippen LogP contribution in [0.15, 0.2) is 54.6 Å². The van der Waals surface area contributed by atoms with Gasteiger partial charge in [0.15, 0.2) is 0 Å². The number of nitrogens with two attached hydrogens (primary N) is 1. The number of fused-ring (bicyclic) bond motifs is 1. The Balaban J connectivity index is 2.00. The molecule has 0 saturated carbocycles. The van der Waals surface area contributed by atoms with E-state index in [0.29, 0.717) is 6.42 Å². The summed E-state index contributed by atoms with van der Waals surface area (Å²) >= 11 is 0. The van der Waals surface area contributed by atoms with Crippen molar-refractivity contribution in [1.29, 1.82) is 0 Å². The number of para-hydroxylation sites is 1. The molecule has 0 amide bonds. The Labute approximate surface area is 123 Å². The summed E-state index contributed by atoms with van der Waals surface area (Å²) in [6.45, 7) is 1.91. The van der Waals surface area contributed by atoms with Crippen LogP contribution in [0.1, 0.15) is 29.8 Å². The number of benzene rings is 2. The van der Waals surface area contributed by atoms with Gasteiger partial charge in [-0.15, -0.1) is 0 Å². The van der Waals surface area contributed by atoms with Gasteiger partial charge in [-0.25, -0.2) is 4.39 Å². The van der Waals surface area contributed by atoms with Crippen LogP contribution < -0.4 is 5.73 Å². The van der Waals surface area contributed by atoms with Crippen molar-refractivity contribution in [2.75, 3.05) is 0 Å². The maximum Gasteiger partial charge on any atom is 0.123 e. The van der Waals surface area contributed by atoms with Gasteiger partial charge in [-0.3, -0.25) is 4.98 Å². The van der Waals surface area contributed by atoms with E-state index in [1.54, 1.807) is 12.1 Å². The smallest absolute Gasteiger partial charge is 0.123 e. The molecule has 2 nitrogen and oxygen atoms in total. The van der Waals surface area contributed by atoms with E-state index in [-0.39, 0.29) is 11.9 Å². The van der Waals surface area contributed by atoms with E-state index in [4.69, 9.17) is 5.73 Å². The SMILES string of the molecule is CC(N)c1ccc(F)cc1Cc1ccc2ccccc2n1. The van der Waals surface area contributed by atoms with Gasteiger partial charge in [-0.05, 0) is 42.3 Å². The summed E-state index contributed by atoms with van der Waals surface area (Å²) in [5.41, 5.74) is 9.70. The van der Waals surface area contributed by atoms with Crippen molar-refractivity contribution in [1.82, 2.24) is 4.98 Å². The molecule has 2 aromatic carbocycles. The van der Waals surface area contributed by atoms with Gasteiger partial charge >= 0.3 is 0 Å². The van der Waals surface area contributed by atoms with Crippen LogP contribution in [-0.2, 0) is 6.42 Å². The highest BCUT2D eigenvalue weighted by atomic mass is 19.1. The Morgan fingerprint density at radius 1 is 1.10 bits per heavy atom. The molecule has 1 unspecified atom stereocenters. The van der Waals surface area contributed by atoms with E-state index in [1.165, 1.54) is 6.07 Å². The summed E-state index contributed by atoms with van der Waals surface area (Å²) < 4.78 is 13.5. The molecule has 0 saturated heterocycles. The molecule has 0 spiro atoms. The number of hydrogen-bond acceptors (Lipinski definition) is 2. The monoisotopic (exact) mass is 280 g/mol. The molecular formula is C18H17FN2. The summed E-state index contributed by atoms with van der Waals surface area (Å²) in [4.78, 5) is 4.64. The van der Waals surface area contributed by atoms with Crippen LogP contribution in [-0.4, -0.2) is 4.98 Å². The zero-order valence-electron chi connectivity index (χ0n) is 11.9. The molecule has 1 aromatic heterocycles. The predicted octanol–water partition coefficient (Wildman–Crippen LogP) is 3.98. The number of halogens is 1. The molecule has 0 aliphatic heterocycles. The number of pyridine rings is 1. The first-order chi connectivity index (χ1) is 10.1. The Kier molecular flexibility index (Phi) is 3.67. The Morgan fingerprint density at radius 3 is 2.71 bits per heavy atom. The zero-order chi connectivity index (χ0) is 14.8. The largest absolute Gasteiger partial charge is 0.324 e. The summed E-state index contributed by atoms with van der Waals surface area (Å²) in [5, 5.41) is 1.10. The maximum atomic E-state index is 13.5. The molecule has 0 radical (unpaired) electrons. The fourth-order valence-corrected chi connectivity index (χ4v) is 2.57. The predicted molar refractivity (Wildman–Crippen MR) is 83.6 cm³/mol. The van der Waals surface area contributed by atoms with Gasteiger partial charge in [-0.1, -0.05) is 30.3 Å². The fraction of sp³-hybridized carbons (Fsp3) is 0.167. The van der Waals surface area contributed by atoms with E-state index in [1.807, 2.05) is 43.3 Å². The number of aromatic nitrogens is 1. The number of nitrogens with zero attached hydrogens (tertiary/aromatic N) is 1. The second-order valence-corrected chi connectivity index (χ2v) is 5.30. The van der Waals surface area contributed by atoms with Crippen molar-refractivity contribution in [2.24, 2.45) is 5.73 Å². The van der Waals surface area contributed by atoms with E-state index in [2.05, 4.69) is 4.98 Å². The van der Waals surface area contributed by atoms with Crippen LogP contribution in [0.25, 0.3) is 10.9 Å². The average Bonchev–Trinajstić information content (AvgIpc) is 2.47. The first-order valence-corrected chi connectivity index (χ1v) is 7.02. The lowest BCUT2D eigenvalue weighted by Gasteiger charge is -2.13. The van der Waals surface area contributed by atoms with Gasteiger partial charge in [0.1, 0.15) is 5.82 Å². The van der Waals surface area contributed by atoms with Gasteiger partial charge in [-0.2, -0.15) is 0 Å². The third-order valence-electron chi connectivity index (χ3n) is 3.62. The first kappa shape index (κ1) is 13.7. The van der Waals surface area contributed by atoms with Crippen LogP contribution in [0.3, 0.4) is 0 Å². The molecule has 21 heavy (non-hydrogen) atoms. The fourth-order valence-electron chi connectivity index (χ4n) is 2.57. The molecule has 1 atom stereocenters. The second kappa shape index (κ2) is 5.62. The standard InChI is InChI=1S/C18H17FN2/c1-12(20)17-9-7-15(19)10-14(17)11-16-8-6-13-4-2-3-5-18(13)21-16/h2-10,12H,11,20H2,1H3. The van der Waals surface area contributed by atoms with E-state index in [9.17, 15) is 4.39 Å². The normalized spacial score (nSPS) is 12.5. The Morgan fingerprint density at radius 2 is 1.90 bits per heavy atom.